The van der Waals surface area contributed by atoms with Crippen molar-refractivity contribution >= 4 is 79.7 Å². The van der Waals surface area contributed by atoms with E-state index in [2.05, 4.69) is 45.7 Å². The minimum atomic E-state index is -4.92. The van der Waals surface area contributed by atoms with E-state index in [1.165, 1.54) is 24.3 Å². The SMILES string of the molecule is O=S(=O)([O-])O.O=S(=O)([O-])O.[CH2-]CS(=O)(=O)c1cccc(N=Nc2c(NC)ccc3c(O)c(N=Nc4cc(C)c(S(=O)(=O)C[CH2-])cc4O)[c-]cc23)c1.[Cu].[Na+].[Na+].[Na+]. The molecule has 289 valence electrons. The van der Waals surface area contributed by atoms with E-state index < -0.39 is 46.2 Å². The molecule has 4 aromatic rings. The zero-order valence-electron chi connectivity index (χ0n) is 29.6. The van der Waals surface area contributed by atoms with Gasteiger partial charge in [0.05, 0.1) is 21.2 Å². The van der Waals surface area contributed by atoms with Crippen LogP contribution in [0.3, 0.4) is 0 Å². The van der Waals surface area contributed by atoms with Crippen LogP contribution in [0.1, 0.15) is 5.56 Å². The number of phenolic OH excluding ortho intramolecular Hbond substituents is 2. The molecule has 0 aliphatic rings. The molecule has 19 nitrogen and oxygen atoms in total. The second-order valence-electron chi connectivity index (χ2n) is 9.66. The van der Waals surface area contributed by atoms with Gasteiger partial charge in [-0.15, -0.1) is 5.11 Å². The third kappa shape index (κ3) is 19.0. The van der Waals surface area contributed by atoms with Gasteiger partial charge in [0, 0.05) is 47.3 Å². The first kappa shape index (κ1) is 58.2. The molecule has 0 fully saturated rings. The fourth-order valence-corrected chi connectivity index (χ4v) is 5.82. The first-order valence-corrected chi connectivity index (χ1v) is 19.5. The minimum absolute atomic E-state index is 0. The minimum Gasteiger partial charge on any atom is -0.726 e. The molecule has 0 unspecified atom stereocenters. The average Bonchev–Trinajstić information content (AvgIpc) is 3.03. The van der Waals surface area contributed by atoms with Gasteiger partial charge in [-0.3, -0.25) is 9.11 Å². The molecule has 4 aromatic carbocycles. The number of phenols is 2. The van der Waals surface area contributed by atoms with E-state index in [1.807, 2.05) is 0 Å². The molecule has 0 saturated carbocycles. The summed E-state index contributed by atoms with van der Waals surface area (Å²) in [4.78, 5) is 0.0263. The number of hydrogen-bond donors (Lipinski definition) is 5. The van der Waals surface area contributed by atoms with Crippen LogP contribution in [0.5, 0.6) is 11.5 Å². The van der Waals surface area contributed by atoms with E-state index >= 15 is 0 Å². The number of benzene rings is 4. The van der Waals surface area contributed by atoms with Crippen molar-refractivity contribution in [3.05, 3.63) is 80.1 Å². The van der Waals surface area contributed by atoms with E-state index in [9.17, 15) is 27.0 Å². The summed E-state index contributed by atoms with van der Waals surface area (Å²) < 4.78 is 114. The van der Waals surface area contributed by atoms with E-state index in [0.29, 0.717) is 33.4 Å². The summed E-state index contributed by atoms with van der Waals surface area (Å²) in [5.41, 5.74) is 1.58. The third-order valence-electron chi connectivity index (χ3n) is 6.16. The number of hydrogen-bond acceptors (Lipinski definition) is 17. The topological polar surface area (TPSA) is 325 Å². The van der Waals surface area contributed by atoms with Gasteiger partial charge in [0.2, 0.25) is 20.8 Å². The Hall–Kier alpha value is -1.10. The average molecular weight is 919 g/mol. The summed E-state index contributed by atoms with van der Waals surface area (Å²) in [7, 11) is -15.3. The van der Waals surface area contributed by atoms with Crippen molar-refractivity contribution in [2.24, 2.45) is 20.5 Å². The molecule has 4 rings (SSSR count). The Labute approximate surface area is 395 Å². The molecular formula is C28H28CuN5Na3O14S4-2. The van der Waals surface area contributed by atoms with Crippen LogP contribution in [0.15, 0.2) is 84.8 Å². The Bertz CT molecular complexity index is 2400. The number of sulfone groups is 2. The van der Waals surface area contributed by atoms with Crippen molar-refractivity contribution in [2.75, 3.05) is 23.9 Å². The first-order valence-electron chi connectivity index (χ1n) is 13.5. The number of azo groups is 2. The number of anilines is 1. The van der Waals surface area contributed by atoms with E-state index in [4.69, 9.17) is 35.0 Å². The van der Waals surface area contributed by atoms with E-state index in [1.54, 1.807) is 38.2 Å². The van der Waals surface area contributed by atoms with Crippen LogP contribution in [-0.4, -0.2) is 80.6 Å². The van der Waals surface area contributed by atoms with Gasteiger partial charge >= 0.3 is 88.7 Å². The number of aryl methyl sites for hydroxylation is 1. The molecule has 0 atom stereocenters. The second kappa shape index (κ2) is 24.7. The normalized spacial score (nSPS) is 11.4. The van der Waals surface area contributed by atoms with Crippen molar-refractivity contribution in [1.29, 1.82) is 0 Å². The fraction of sp³-hybridized carbons (Fsp3) is 0.143. The molecule has 0 aromatic heterocycles. The van der Waals surface area contributed by atoms with Crippen molar-refractivity contribution in [2.45, 2.75) is 16.7 Å². The molecule has 5 N–H and O–H groups in total. The predicted octanol–water partition coefficient (Wildman–Crippen LogP) is -4.53. The zero-order chi connectivity index (χ0) is 38.9. The van der Waals surface area contributed by atoms with Gasteiger partial charge in [0.1, 0.15) is 11.4 Å². The van der Waals surface area contributed by atoms with Crippen molar-refractivity contribution in [3.63, 3.8) is 0 Å². The molecule has 55 heavy (non-hydrogen) atoms. The number of fused-ring (bicyclic) bond motifs is 1. The monoisotopic (exact) mass is 918 g/mol. The van der Waals surface area contributed by atoms with Gasteiger partial charge in [-0.1, -0.05) is 34.4 Å². The maximum atomic E-state index is 12.2. The van der Waals surface area contributed by atoms with E-state index in [-0.39, 0.29) is 144 Å². The Kier molecular flexibility index (Phi) is 26.2. The second-order valence-corrected chi connectivity index (χ2v) is 15.6. The maximum Gasteiger partial charge on any atom is 1.00 e. The summed E-state index contributed by atoms with van der Waals surface area (Å²) >= 11 is 0. The molecule has 0 amide bonds. The van der Waals surface area contributed by atoms with Gasteiger partial charge in [0.15, 0.2) is 19.7 Å². The Balaban J connectivity index is -0.00000172. The van der Waals surface area contributed by atoms with Crippen LogP contribution in [0, 0.1) is 26.8 Å². The van der Waals surface area contributed by atoms with Gasteiger partial charge in [-0.25, -0.2) is 33.7 Å². The summed E-state index contributed by atoms with van der Waals surface area (Å²) in [6.45, 7) is 8.43. The Morgan fingerprint density at radius 2 is 1.31 bits per heavy atom. The van der Waals surface area contributed by atoms with Gasteiger partial charge < -0.3 is 38.5 Å². The van der Waals surface area contributed by atoms with Crippen LogP contribution >= 0.6 is 0 Å². The smallest absolute Gasteiger partial charge is 0.726 e. The first-order chi connectivity index (χ1) is 23.4. The third-order valence-corrected chi connectivity index (χ3v) is 9.32. The standard InChI is InChI=1S/C28H26N5O6S2.Cu.3Na.2H2O4S/c1-5-40(36,37)19-9-7-8-18(15-19)30-33-27-20-10-13-23(28(35)21(20)11-12-22(27)29-4)31-32-24-14-17(3)26(16-25(24)34)41(38,39)6-2;;;;;2*1-5(2,3)4/h7-12,14-16,29,34-35H,1-2,5-6H2,3-4H3;;;;;2*(H2,1,2,3,4)/q-3;;3*+1;;/p-2. The molecule has 0 spiro atoms. The summed E-state index contributed by atoms with van der Waals surface area (Å²) in [5, 5.41) is 41.7. The van der Waals surface area contributed by atoms with E-state index in [0.717, 1.165) is 6.07 Å². The van der Waals surface area contributed by atoms with Crippen molar-refractivity contribution in [1.82, 2.24) is 0 Å². The Morgan fingerprint density at radius 1 is 0.764 bits per heavy atom. The number of rotatable bonds is 9. The summed E-state index contributed by atoms with van der Waals surface area (Å²) in [6, 6.07) is 16.2. The number of nitrogens with zero attached hydrogens (tertiary/aromatic N) is 4. The number of aromatic hydroxyl groups is 2. The van der Waals surface area contributed by atoms with Crippen molar-refractivity contribution < 1.29 is 168 Å². The predicted molar refractivity (Wildman–Crippen MR) is 181 cm³/mol. The fourth-order valence-electron chi connectivity index (χ4n) is 3.94. The largest absolute Gasteiger partial charge is 1.00 e. The molecule has 0 bridgehead atoms. The molecule has 0 aliphatic heterocycles. The van der Waals surface area contributed by atoms with Crippen LogP contribution in [0.2, 0.25) is 0 Å². The molecule has 0 heterocycles. The summed E-state index contributed by atoms with van der Waals surface area (Å²) in [6.07, 6.45) is 0. The molecule has 0 saturated heterocycles. The summed E-state index contributed by atoms with van der Waals surface area (Å²) in [5.74, 6) is -1.32. The van der Waals surface area contributed by atoms with Gasteiger partial charge in [-0.05, 0) is 42.8 Å². The van der Waals surface area contributed by atoms with Crippen LogP contribution in [-0.2, 0) is 57.5 Å². The van der Waals surface area contributed by atoms with Crippen LogP contribution in [0.4, 0.5) is 28.4 Å². The molecule has 0 aliphatic carbocycles. The van der Waals surface area contributed by atoms with Gasteiger partial charge in [-0.2, -0.15) is 27.5 Å². The maximum absolute atomic E-state index is 12.2. The van der Waals surface area contributed by atoms with Crippen LogP contribution < -0.4 is 94.0 Å². The molecule has 27 heteroatoms. The van der Waals surface area contributed by atoms with Crippen molar-refractivity contribution in [3.8, 4) is 11.5 Å². The molecule has 1 radical (unpaired) electrons. The zero-order valence-corrected chi connectivity index (χ0v) is 39.8. The number of nitrogens with one attached hydrogen (secondary N) is 1. The Morgan fingerprint density at radius 3 is 1.82 bits per heavy atom. The molecular weight excluding hydrogens is 891 g/mol. The van der Waals surface area contributed by atoms with Crippen LogP contribution in [0.25, 0.3) is 10.8 Å². The quantitative estimate of drug-likeness (QED) is 0.0347. The van der Waals surface area contributed by atoms with Gasteiger partial charge in [0.25, 0.3) is 0 Å².